The van der Waals surface area contributed by atoms with Crippen molar-refractivity contribution in [1.82, 2.24) is 20.1 Å². The molecule has 0 unspecified atom stereocenters. The van der Waals surface area contributed by atoms with Crippen LogP contribution in [0.25, 0.3) is 0 Å². The van der Waals surface area contributed by atoms with Crippen LogP contribution in [0.1, 0.15) is 31.4 Å². The van der Waals surface area contributed by atoms with Crippen LogP contribution >= 0.6 is 0 Å². The summed E-state index contributed by atoms with van der Waals surface area (Å²) in [5.41, 5.74) is 1.42. The molecule has 2 fully saturated rings. The minimum Gasteiger partial charge on any atom is -0.381 e. The van der Waals surface area contributed by atoms with Crippen molar-refractivity contribution in [2.24, 2.45) is 4.99 Å². The van der Waals surface area contributed by atoms with Gasteiger partial charge in [-0.2, -0.15) is 0 Å². The van der Waals surface area contributed by atoms with E-state index in [0.29, 0.717) is 0 Å². The van der Waals surface area contributed by atoms with Crippen LogP contribution < -0.4 is 5.32 Å². The Morgan fingerprint density at radius 2 is 2.12 bits per heavy atom. The number of hydrogen-bond acceptors (Lipinski definition) is 3. The molecule has 1 aromatic rings. The molecule has 2 N–H and O–H groups in total. The fraction of sp³-hybridized carbons (Fsp3) is 0.722. The number of ether oxygens (including phenoxy) is 1. The van der Waals surface area contributed by atoms with Crippen molar-refractivity contribution in [3.8, 4) is 0 Å². The SMILES string of the molecule is CN=C(NCC1(N2CCCC2)CCOCC1)N(C)Cc1ccc[nH]1. The molecule has 2 saturated heterocycles. The molecule has 24 heavy (non-hydrogen) atoms. The monoisotopic (exact) mass is 333 g/mol. The summed E-state index contributed by atoms with van der Waals surface area (Å²) in [5, 5.41) is 3.63. The van der Waals surface area contributed by atoms with Crippen LogP contribution in [0.4, 0.5) is 0 Å². The molecule has 0 aliphatic carbocycles. The summed E-state index contributed by atoms with van der Waals surface area (Å²) in [6.07, 6.45) is 6.83. The number of H-pyrrole nitrogens is 1. The van der Waals surface area contributed by atoms with Crippen LogP contribution in [0.5, 0.6) is 0 Å². The molecule has 2 aliphatic rings. The Balaban J connectivity index is 1.61. The number of hydrogen-bond donors (Lipinski definition) is 2. The first-order valence-corrected chi connectivity index (χ1v) is 9.10. The number of rotatable bonds is 5. The highest BCUT2D eigenvalue weighted by molar-refractivity contribution is 5.79. The van der Waals surface area contributed by atoms with Crippen LogP contribution in [0, 0.1) is 0 Å². The van der Waals surface area contributed by atoms with Crippen LogP contribution in [0.2, 0.25) is 0 Å². The van der Waals surface area contributed by atoms with E-state index >= 15 is 0 Å². The summed E-state index contributed by atoms with van der Waals surface area (Å²) < 4.78 is 5.64. The highest BCUT2D eigenvalue weighted by Gasteiger charge is 2.39. The summed E-state index contributed by atoms with van der Waals surface area (Å²) in [4.78, 5) is 12.6. The first-order valence-electron chi connectivity index (χ1n) is 9.10. The number of guanidine groups is 1. The van der Waals surface area contributed by atoms with Gasteiger partial charge in [0.15, 0.2) is 5.96 Å². The van der Waals surface area contributed by atoms with Gasteiger partial charge in [-0.3, -0.25) is 9.89 Å². The van der Waals surface area contributed by atoms with Crippen molar-refractivity contribution in [1.29, 1.82) is 0 Å². The third kappa shape index (κ3) is 3.92. The second-order valence-electron chi connectivity index (χ2n) is 6.98. The molecule has 0 atom stereocenters. The van der Waals surface area contributed by atoms with E-state index in [1.54, 1.807) is 0 Å². The van der Waals surface area contributed by atoms with Gasteiger partial charge < -0.3 is 19.9 Å². The fourth-order valence-electron chi connectivity index (χ4n) is 3.97. The predicted octanol–water partition coefficient (Wildman–Crippen LogP) is 1.67. The molecule has 0 amide bonds. The van der Waals surface area contributed by atoms with Gasteiger partial charge in [-0.1, -0.05) is 0 Å². The zero-order valence-corrected chi connectivity index (χ0v) is 15.1. The number of likely N-dealkylation sites (tertiary alicyclic amines) is 1. The lowest BCUT2D eigenvalue weighted by atomic mass is 9.88. The Morgan fingerprint density at radius 1 is 1.38 bits per heavy atom. The Hall–Kier alpha value is -1.53. The van der Waals surface area contributed by atoms with Gasteiger partial charge in [0.1, 0.15) is 0 Å². The average Bonchev–Trinajstić information content (AvgIpc) is 3.30. The van der Waals surface area contributed by atoms with Crippen LogP contribution in [0.3, 0.4) is 0 Å². The Morgan fingerprint density at radius 3 is 2.75 bits per heavy atom. The van der Waals surface area contributed by atoms with Crippen molar-refractivity contribution < 1.29 is 4.74 Å². The standard InChI is InChI=1S/C18H31N5O/c1-19-17(22(2)14-16-6-5-9-20-16)21-15-18(7-12-24-13-8-18)23-10-3-4-11-23/h5-6,9,20H,3-4,7-8,10-15H2,1-2H3,(H,19,21). The molecule has 0 saturated carbocycles. The lowest BCUT2D eigenvalue weighted by Crippen LogP contribution is -2.58. The van der Waals surface area contributed by atoms with E-state index in [4.69, 9.17) is 4.74 Å². The zero-order chi connectivity index (χ0) is 16.8. The van der Waals surface area contributed by atoms with E-state index in [2.05, 4.69) is 38.2 Å². The van der Waals surface area contributed by atoms with Gasteiger partial charge >= 0.3 is 0 Å². The van der Waals surface area contributed by atoms with Gasteiger partial charge in [-0.05, 0) is 50.9 Å². The zero-order valence-electron chi connectivity index (χ0n) is 15.1. The van der Waals surface area contributed by atoms with E-state index in [1.165, 1.54) is 31.6 Å². The molecule has 6 nitrogen and oxygen atoms in total. The second-order valence-corrected chi connectivity index (χ2v) is 6.98. The molecule has 3 rings (SSSR count). The van der Waals surface area contributed by atoms with Crippen molar-refractivity contribution in [2.75, 3.05) is 46.9 Å². The van der Waals surface area contributed by atoms with E-state index < -0.39 is 0 Å². The maximum atomic E-state index is 5.64. The van der Waals surface area contributed by atoms with E-state index in [-0.39, 0.29) is 5.54 Å². The third-order valence-corrected chi connectivity index (χ3v) is 5.42. The molecule has 1 aromatic heterocycles. The number of aromatic amines is 1. The number of nitrogens with one attached hydrogen (secondary N) is 2. The Kier molecular flexibility index (Phi) is 5.79. The first-order chi connectivity index (χ1) is 11.7. The third-order valence-electron chi connectivity index (χ3n) is 5.42. The molecule has 3 heterocycles. The summed E-state index contributed by atoms with van der Waals surface area (Å²) in [6.45, 7) is 5.95. The maximum Gasteiger partial charge on any atom is 0.193 e. The summed E-state index contributed by atoms with van der Waals surface area (Å²) in [6, 6.07) is 4.14. The quantitative estimate of drug-likeness (QED) is 0.636. The first kappa shape index (κ1) is 17.3. The molecule has 6 heteroatoms. The molecular weight excluding hydrogens is 302 g/mol. The summed E-state index contributed by atoms with van der Waals surface area (Å²) in [5.74, 6) is 0.953. The van der Waals surface area contributed by atoms with Gasteiger partial charge in [0, 0.05) is 51.3 Å². The highest BCUT2D eigenvalue weighted by atomic mass is 16.5. The highest BCUT2D eigenvalue weighted by Crippen LogP contribution is 2.30. The molecule has 0 aromatic carbocycles. The maximum absolute atomic E-state index is 5.64. The predicted molar refractivity (Wildman–Crippen MR) is 97.2 cm³/mol. The van der Waals surface area contributed by atoms with Crippen molar-refractivity contribution in [2.45, 2.75) is 37.8 Å². The van der Waals surface area contributed by atoms with Crippen LogP contribution in [0.15, 0.2) is 23.3 Å². The molecule has 0 bridgehead atoms. The molecular formula is C18H31N5O. The van der Waals surface area contributed by atoms with Crippen molar-refractivity contribution >= 4 is 5.96 Å². The van der Waals surface area contributed by atoms with Crippen LogP contribution in [-0.2, 0) is 11.3 Å². The molecule has 2 aliphatic heterocycles. The topological polar surface area (TPSA) is 55.9 Å². The Labute approximate surface area is 145 Å². The lowest BCUT2D eigenvalue weighted by Gasteiger charge is -2.45. The largest absolute Gasteiger partial charge is 0.381 e. The number of aliphatic imine (C=N–C) groups is 1. The second kappa shape index (κ2) is 8.03. The smallest absolute Gasteiger partial charge is 0.193 e. The summed E-state index contributed by atoms with van der Waals surface area (Å²) >= 11 is 0. The van der Waals surface area contributed by atoms with Gasteiger partial charge in [-0.25, -0.2) is 0 Å². The molecule has 0 spiro atoms. The fourth-order valence-corrected chi connectivity index (χ4v) is 3.97. The molecule has 134 valence electrons. The van der Waals surface area contributed by atoms with E-state index in [1.807, 2.05) is 19.3 Å². The lowest BCUT2D eigenvalue weighted by molar-refractivity contribution is -0.0166. The van der Waals surface area contributed by atoms with Crippen LogP contribution in [-0.4, -0.2) is 73.2 Å². The summed E-state index contributed by atoms with van der Waals surface area (Å²) in [7, 11) is 3.95. The van der Waals surface area contributed by atoms with Gasteiger partial charge in [-0.15, -0.1) is 0 Å². The average molecular weight is 333 g/mol. The van der Waals surface area contributed by atoms with Crippen molar-refractivity contribution in [3.05, 3.63) is 24.0 Å². The van der Waals surface area contributed by atoms with E-state index in [9.17, 15) is 0 Å². The normalized spacial score (nSPS) is 21.8. The van der Waals surface area contributed by atoms with E-state index in [0.717, 1.165) is 45.1 Å². The Bertz CT molecular complexity index is 516. The van der Waals surface area contributed by atoms with Gasteiger partial charge in [0.2, 0.25) is 0 Å². The van der Waals surface area contributed by atoms with Gasteiger partial charge in [0.25, 0.3) is 0 Å². The number of aromatic nitrogens is 1. The minimum absolute atomic E-state index is 0.220. The molecule has 0 radical (unpaired) electrons. The minimum atomic E-state index is 0.220. The van der Waals surface area contributed by atoms with Gasteiger partial charge in [0.05, 0.1) is 6.54 Å². The van der Waals surface area contributed by atoms with Crippen molar-refractivity contribution in [3.63, 3.8) is 0 Å². The number of nitrogens with zero attached hydrogens (tertiary/aromatic N) is 3.